The predicted molar refractivity (Wildman–Crippen MR) is 84.5 cm³/mol. The second-order valence-corrected chi connectivity index (χ2v) is 7.70. The first kappa shape index (κ1) is 16.5. The Morgan fingerprint density at radius 1 is 1.33 bits per heavy atom. The quantitative estimate of drug-likeness (QED) is 0.844. The number of nitrogens with zero attached hydrogens (tertiary/aromatic N) is 1. The summed E-state index contributed by atoms with van der Waals surface area (Å²) in [6.07, 6.45) is 7.14. The maximum absolute atomic E-state index is 12.6. The highest BCUT2D eigenvalue weighted by Gasteiger charge is 2.29. The molecular formula is C15H27N3O2S. The smallest absolute Gasteiger partial charge is 0.242 e. The molecule has 0 bridgehead atoms. The lowest BCUT2D eigenvalue weighted by atomic mass is 9.83. The Morgan fingerprint density at radius 2 is 2.05 bits per heavy atom. The van der Waals surface area contributed by atoms with E-state index in [1.165, 1.54) is 6.42 Å². The second kappa shape index (κ2) is 6.94. The molecule has 2 N–H and O–H groups in total. The summed E-state index contributed by atoms with van der Waals surface area (Å²) in [6, 6.07) is 1.84. The summed E-state index contributed by atoms with van der Waals surface area (Å²) in [6.45, 7) is 2.80. The molecule has 1 saturated carbocycles. The van der Waals surface area contributed by atoms with Gasteiger partial charge in [0.15, 0.2) is 0 Å². The van der Waals surface area contributed by atoms with Gasteiger partial charge < -0.3 is 9.88 Å². The molecule has 21 heavy (non-hydrogen) atoms. The third kappa shape index (κ3) is 3.87. The van der Waals surface area contributed by atoms with Crippen molar-refractivity contribution in [1.29, 1.82) is 0 Å². The van der Waals surface area contributed by atoms with Crippen LogP contribution in [0.5, 0.6) is 0 Å². The largest absolute Gasteiger partial charge is 0.352 e. The standard InChI is InChI=1S/C15H27N3O2S/c1-4-12-7-5-6-8-15(12)17-21(19,20)14-9-13(10-16-2)18(3)11-14/h9,11-12,15-17H,4-8,10H2,1-3H3. The molecule has 0 radical (unpaired) electrons. The summed E-state index contributed by atoms with van der Waals surface area (Å²) in [5, 5.41) is 3.05. The monoisotopic (exact) mass is 313 g/mol. The maximum atomic E-state index is 12.6. The van der Waals surface area contributed by atoms with E-state index in [0.717, 1.165) is 31.4 Å². The van der Waals surface area contributed by atoms with Gasteiger partial charge in [-0.05, 0) is 31.9 Å². The van der Waals surface area contributed by atoms with E-state index in [1.54, 1.807) is 12.3 Å². The van der Waals surface area contributed by atoms with Gasteiger partial charge in [-0.2, -0.15) is 0 Å². The fourth-order valence-electron chi connectivity index (χ4n) is 3.20. The lowest BCUT2D eigenvalue weighted by molar-refractivity contribution is 0.282. The van der Waals surface area contributed by atoms with Crippen molar-refractivity contribution in [2.45, 2.75) is 56.5 Å². The zero-order valence-electron chi connectivity index (χ0n) is 13.2. The molecule has 120 valence electrons. The molecule has 0 spiro atoms. The summed E-state index contributed by atoms with van der Waals surface area (Å²) in [4.78, 5) is 0.371. The first-order valence-corrected chi connectivity index (χ1v) is 9.28. The molecule has 1 aromatic rings. The Kier molecular flexibility index (Phi) is 5.46. The summed E-state index contributed by atoms with van der Waals surface area (Å²) in [7, 11) is 0.309. The van der Waals surface area contributed by atoms with Crippen molar-refractivity contribution in [3.05, 3.63) is 18.0 Å². The number of aromatic nitrogens is 1. The molecule has 6 heteroatoms. The van der Waals surface area contributed by atoms with Gasteiger partial charge in [0.2, 0.25) is 10.0 Å². The number of aryl methyl sites for hydroxylation is 1. The van der Waals surface area contributed by atoms with Crippen LogP contribution in [0.15, 0.2) is 17.2 Å². The Balaban J connectivity index is 2.15. The molecule has 1 aliphatic carbocycles. The topological polar surface area (TPSA) is 63.1 Å². The normalized spacial score (nSPS) is 23.4. The molecule has 1 aliphatic rings. The first-order valence-electron chi connectivity index (χ1n) is 7.80. The second-order valence-electron chi connectivity index (χ2n) is 5.99. The van der Waals surface area contributed by atoms with Crippen molar-refractivity contribution in [2.24, 2.45) is 13.0 Å². The highest BCUT2D eigenvalue weighted by Crippen LogP contribution is 2.28. The van der Waals surface area contributed by atoms with Gasteiger partial charge in [0.25, 0.3) is 0 Å². The molecule has 1 aromatic heterocycles. The van der Waals surface area contributed by atoms with E-state index >= 15 is 0 Å². The Bertz CT molecular complexity index is 565. The summed E-state index contributed by atoms with van der Waals surface area (Å²) >= 11 is 0. The molecule has 2 rings (SSSR count). The average Bonchev–Trinajstić information content (AvgIpc) is 2.82. The highest BCUT2D eigenvalue weighted by molar-refractivity contribution is 7.89. The van der Waals surface area contributed by atoms with Gasteiger partial charge in [-0.25, -0.2) is 13.1 Å². The fourth-order valence-corrected chi connectivity index (χ4v) is 4.63. The summed E-state index contributed by atoms with van der Waals surface area (Å²) in [5.41, 5.74) is 0.966. The Labute approximate surface area is 128 Å². The fraction of sp³-hybridized carbons (Fsp3) is 0.733. The molecule has 1 heterocycles. The van der Waals surface area contributed by atoms with Crippen LogP contribution in [-0.4, -0.2) is 26.1 Å². The van der Waals surface area contributed by atoms with Gasteiger partial charge in [-0.3, -0.25) is 0 Å². The van der Waals surface area contributed by atoms with E-state index in [0.29, 0.717) is 17.4 Å². The molecule has 2 unspecified atom stereocenters. The zero-order valence-corrected chi connectivity index (χ0v) is 14.0. The van der Waals surface area contributed by atoms with E-state index in [1.807, 2.05) is 18.7 Å². The Hall–Kier alpha value is -0.850. The van der Waals surface area contributed by atoms with E-state index in [2.05, 4.69) is 17.0 Å². The number of rotatable bonds is 6. The maximum Gasteiger partial charge on any atom is 0.242 e. The van der Waals surface area contributed by atoms with E-state index < -0.39 is 10.0 Å². The van der Waals surface area contributed by atoms with Crippen LogP contribution < -0.4 is 10.0 Å². The van der Waals surface area contributed by atoms with E-state index in [-0.39, 0.29) is 6.04 Å². The third-order valence-electron chi connectivity index (χ3n) is 4.49. The molecule has 0 aromatic carbocycles. The lowest BCUT2D eigenvalue weighted by Gasteiger charge is -2.31. The lowest BCUT2D eigenvalue weighted by Crippen LogP contribution is -2.41. The molecule has 0 aliphatic heterocycles. The van der Waals surface area contributed by atoms with Crippen LogP contribution in [-0.2, 0) is 23.6 Å². The van der Waals surface area contributed by atoms with E-state index in [9.17, 15) is 8.42 Å². The van der Waals surface area contributed by atoms with Crippen LogP contribution in [0.2, 0.25) is 0 Å². The van der Waals surface area contributed by atoms with Gasteiger partial charge in [0.05, 0.1) is 4.90 Å². The van der Waals surface area contributed by atoms with Crippen molar-refractivity contribution in [3.8, 4) is 0 Å². The molecule has 0 saturated heterocycles. The van der Waals surface area contributed by atoms with Crippen LogP contribution >= 0.6 is 0 Å². The average molecular weight is 313 g/mol. The number of hydrogen-bond donors (Lipinski definition) is 2. The molecule has 0 amide bonds. The molecule has 1 fully saturated rings. The van der Waals surface area contributed by atoms with Gasteiger partial charge in [-0.1, -0.05) is 26.2 Å². The van der Waals surface area contributed by atoms with Gasteiger partial charge in [0.1, 0.15) is 0 Å². The van der Waals surface area contributed by atoms with Crippen molar-refractivity contribution in [2.75, 3.05) is 7.05 Å². The van der Waals surface area contributed by atoms with Crippen LogP contribution in [0.3, 0.4) is 0 Å². The first-order chi connectivity index (χ1) is 9.97. The number of nitrogens with one attached hydrogen (secondary N) is 2. The molecular weight excluding hydrogens is 286 g/mol. The van der Waals surface area contributed by atoms with Crippen molar-refractivity contribution < 1.29 is 8.42 Å². The Morgan fingerprint density at radius 3 is 2.71 bits per heavy atom. The van der Waals surface area contributed by atoms with E-state index in [4.69, 9.17) is 0 Å². The molecule has 5 nitrogen and oxygen atoms in total. The minimum Gasteiger partial charge on any atom is -0.352 e. The van der Waals surface area contributed by atoms with Gasteiger partial charge >= 0.3 is 0 Å². The summed E-state index contributed by atoms with van der Waals surface area (Å²) < 4.78 is 30.0. The third-order valence-corrected chi connectivity index (χ3v) is 5.95. The SMILES string of the molecule is CCC1CCCCC1NS(=O)(=O)c1cc(CNC)n(C)c1. The van der Waals surface area contributed by atoms with Crippen LogP contribution in [0.25, 0.3) is 0 Å². The zero-order chi connectivity index (χ0) is 15.5. The number of hydrogen-bond acceptors (Lipinski definition) is 3. The number of sulfonamides is 1. The van der Waals surface area contributed by atoms with Gasteiger partial charge in [-0.15, -0.1) is 0 Å². The minimum atomic E-state index is -3.42. The minimum absolute atomic E-state index is 0.0849. The summed E-state index contributed by atoms with van der Waals surface area (Å²) in [5.74, 6) is 0.467. The van der Waals surface area contributed by atoms with Crippen LogP contribution in [0, 0.1) is 5.92 Å². The van der Waals surface area contributed by atoms with Crippen LogP contribution in [0.4, 0.5) is 0 Å². The highest BCUT2D eigenvalue weighted by atomic mass is 32.2. The van der Waals surface area contributed by atoms with Crippen molar-refractivity contribution >= 4 is 10.0 Å². The van der Waals surface area contributed by atoms with Crippen molar-refractivity contribution in [3.63, 3.8) is 0 Å². The molecule has 2 atom stereocenters. The van der Waals surface area contributed by atoms with Crippen LogP contribution in [0.1, 0.15) is 44.7 Å². The predicted octanol–water partition coefficient (Wildman–Crippen LogP) is 1.99. The van der Waals surface area contributed by atoms with Gasteiger partial charge in [0, 0.05) is 31.5 Å². The van der Waals surface area contributed by atoms with Crippen molar-refractivity contribution in [1.82, 2.24) is 14.6 Å².